The summed E-state index contributed by atoms with van der Waals surface area (Å²) in [5.41, 5.74) is 0.825. The van der Waals surface area contributed by atoms with E-state index in [4.69, 9.17) is 16.3 Å². The zero-order chi connectivity index (χ0) is 15.2. The summed E-state index contributed by atoms with van der Waals surface area (Å²) in [5.74, 6) is 0.255. The summed E-state index contributed by atoms with van der Waals surface area (Å²) in [7, 11) is 0. The molecule has 0 spiro atoms. The third kappa shape index (κ3) is 4.40. The average molecular weight is 313 g/mol. The van der Waals surface area contributed by atoms with Crippen molar-refractivity contribution in [3.63, 3.8) is 0 Å². The van der Waals surface area contributed by atoms with Gasteiger partial charge in [0.05, 0.1) is 11.5 Å². The molecule has 2 atom stereocenters. The monoisotopic (exact) mass is 312 g/mol. The van der Waals surface area contributed by atoms with Gasteiger partial charge in [0, 0.05) is 35.2 Å². The van der Waals surface area contributed by atoms with Crippen LogP contribution in [0.3, 0.4) is 0 Å². The smallest absolute Gasteiger partial charge is 0.274 e. The van der Waals surface area contributed by atoms with Gasteiger partial charge in [-0.15, -0.1) is 0 Å². The number of halogens is 1. The Morgan fingerprint density at radius 2 is 2.33 bits per heavy atom. The Morgan fingerprint density at radius 3 is 3.05 bits per heavy atom. The number of nitro groups is 1. The SMILES string of the molecule is CCCNC1CCOCC1Cc1ccc(Cl)cc1[N+](=O)[O-]. The minimum Gasteiger partial charge on any atom is -0.381 e. The van der Waals surface area contributed by atoms with E-state index >= 15 is 0 Å². The summed E-state index contributed by atoms with van der Waals surface area (Å²) in [6, 6.07) is 5.25. The summed E-state index contributed by atoms with van der Waals surface area (Å²) in [6.07, 6.45) is 2.66. The lowest BCUT2D eigenvalue weighted by Gasteiger charge is -2.32. The van der Waals surface area contributed by atoms with Crippen molar-refractivity contribution in [1.29, 1.82) is 0 Å². The number of hydrogen-bond acceptors (Lipinski definition) is 4. The Balaban J connectivity index is 2.13. The fourth-order valence-electron chi connectivity index (χ4n) is 2.76. The third-order valence-electron chi connectivity index (χ3n) is 3.86. The van der Waals surface area contributed by atoms with E-state index in [-0.39, 0.29) is 16.5 Å². The van der Waals surface area contributed by atoms with E-state index in [1.807, 2.05) is 0 Å². The molecule has 1 aromatic rings. The van der Waals surface area contributed by atoms with Crippen LogP contribution >= 0.6 is 11.6 Å². The predicted octanol–water partition coefficient (Wildman–Crippen LogP) is 3.20. The molecule has 0 aromatic heterocycles. The summed E-state index contributed by atoms with van der Waals surface area (Å²) in [6.45, 7) is 4.48. The first-order valence-electron chi connectivity index (χ1n) is 7.35. The van der Waals surface area contributed by atoms with Crippen molar-refractivity contribution in [3.8, 4) is 0 Å². The maximum atomic E-state index is 11.2. The molecule has 1 aromatic carbocycles. The van der Waals surface area contributed by atoms with Crippen LogP contribution in [0.25, 0.3) is 0 Å². The molecule has 21 heavy (non-hydrogen) atoms. The quantitative estimate of drug-likeness (QED) is 0.647. The molecular formula is C15H21ClN2O3. The van der Waals surface area contributed by atoms with E-state index in [1.165, 1.54) is 6.07 Å². The largest absolute Gasteiger partial charge is 0.381 e. The molecule has 0 aliphatic carbocycles. The van der Waals surface area contributed by atoms with Crippen molar-refractivity contribution in [2.45, 2.75) is 32.2 Å². The first kappa shape index (κ1) is 16.2. The van der Waals surface area contributed by atoms with Gasteiger partial charge in [-0.3, -0.25) is 10.1 Å². The average Bonchev–Trinajstić information content (AvgIpc) is 2.48. The molecule has 0 bridgehead atoms. The van der Waals surface area contributed by atoms with Gasteiger partial charge in [-0.1, -0.05) is 24.6 Å². The van der Waals surface area contributed by atoms with E-state index in [0.717, 1.165) is 31.6 Å². The molecular weight excluding hydrogens is 292 g/mol. The molecule has 5 nitrogen and oxygen atoms in total. The van der Waals surface area contributed by atoms with Crippen molar-refractivity contribution < 1.29 is 9.66 Å². The van der Waals surface area contributed by atoms with Crippen molar-refractivity contribution in [2.24, 2.45) is 5.92 Å². The van der Waals surface area contributed by atoms with Crippen LogP contribution in [-0.4, -0.2) is 30.7 Å². The molecule has 2 unspecified atom stereocenters. The van der Waals surface area contributed by atoms with Gasteiger partial charge in [-0.2, -0.15) is 0 Å². The van der Waals surface area contributed by atoms with Crippen LogP contribution in [0.2, 0.25) is 5.02 Å². The van der Waals surface area contributed by atoms with Crippen LogP contribution in [0.1, 0.15) is 25.3 Å². The van der Waals surface area contributed by atoms with Crippen molar-refractivity contribution >= 4 is 17.3 Å². The number of rotatable bonds is 6. The van der Waals surface area contributed by atoms with Crippen LogP contribution < -0.4 is 5.32 Å². The normalized spacial score (nSPS) is 22.2. The fraction of sp³-hybridized carbons (Fsp3) is 0.600. The highest BCUT2D eigenvalue weighted by molar-refractivity contribution is 6.30. The predicted molar refractivity (Wildman–Crippen MR) is 82.8 cm³/mol. The Labute approximate surface area is 129 Å². The maximum absolute atomic E-state index is 11.2. The summed E-state index contributed by atoms with van der Waals surface area (Å²) in [5, 5.41) is 15.1. The summed E-state index contributed by atoms with van der Waals surface area (Å²) in [4.78, 5) is 10.8. The van der Waals surface area contributed by atoms with Crippen LogP contribution in [0.4, 0.5) is 5.69 Å². The Kier molecular flexibility index (Phi) is 5.96. The van der Waals surface area contributed by atoms with E-state index in [0.29, 0.717) is 24.1 Å². The molecule has 1 aliphatic rings. The van der Waals surface area contributed by atoms with Crippen molar-refractivity contribution in [3.05, 3.63) is 38.9 Å². The van der Waals surface area contributed by atoms with Crippen LogP contribution in [0.5, 0.6) is 0 Å². The van der Waals surface area contributed by atoms with Gasteiger partial charge < -0.3 is 10.1 Å². The van der Waals surface area contributed by atoms with Gasteiger partial charge in [0.25, 0.3) is 5.69 Å². The fourth-order valence-corrected chi connectivity index (χ4v) is 2.92. The molecule has 2 rings (SSSR count). The van der Waals surface area contributed by atoms with Crippen LogP contribution in [0, 0.1) is 16.0 Å². The molecule has 116 valence electrons. The van der Waals surface area contributed by atoms with Crippen molar-refractivity contribution in [2.75, 3.05) is 19.8 Å². The van der Waals surface area contributed by atoms with Gasteiger partial charge in [-0.25, -0.2) is 0 Å². The van der Waals surface area contributed by atoms with Crippen LogP contribution in [-0.2, 0) is 11.2 Å². The number of hydrogen-bond donors (Lipinski definition) is 1. The second kappa shape index (κ2) is 7.73. The molecule has 0 saturated carbocycles. The number of ether oxygens (including phenoxy) is 1. The zero-order valence-corrected chi connectivity index (χ0v) is 12.9. The number of nitrogens with one attached hydrogen (secondary N) is 1. The van der Waals surface area contributed by atoms with E-state index in [1.54, 1.807) is 12.1 Å². The van der Waals surface area contributed by atoms with Gasteiger partial charge >= 0.3 is 0 Å². The van der Waals surface area contributed by atoms with Gasteiger partial charge in [0.1, 0.15) is 0 Å². The summed E-state index contributed by atoms with van der Waals surface area (Å²) >= 11 is 5.86. The lowest BCUT2D eigenvalue weighted by molar-refractivity contribution is -0.385. The van der Waals surface area contributed by atoms with Crippen molar-refractivity contribution in [1.82, 2.24) is 5.32 Å². The van der Waals surface area contributed by atoms with Gasteiger partial charge in [0.2, 0.25) is 0 Å². The third-order valence-corrected chi connectivity index (χ3v) is 4.09. The van der Waals surface area contributed by atoms with Gasteiger partial charge in [-0.05, 0) is 31.9 Å². The first-order chi connectivity index (χ1) is 10.1. The first-order valence-corrected chi connectivity index (χ1v) is 7.73. The minimum absolute atomic E-state index is 0.0994. The topological polar surface area (TPSA) is 64.4 Å². The lowest BCUT2D eigenvalue weighted by atomic mass is 9.89. The van der Waals surface area contributed by atoms with E-state index < -0.39 is 0 Å². The second-order valence-electron chi connectivity index (χ2n) is 5.42. The van der Waals surface area contributed by atoms with Gasteiger partial charge in [0.15, 0.2) is 0 Å². The minimum atomic E-state index is -0.362. The molecule has 1 heterocycles. The summed E-state index contributed by atoms with van der Waals surface area (Å²) < 4.78 is 5.55. The van der Waals surface area contributed by atoms with Crippen LogP contribution in [0.15, 0.2) is 18.2 Å². The number of benzene rings is 1. The second-order valence-corrected chi connectivity index (χ2v) is 5.85. The molecule has 0 amide bonds. The Morgan fingerprint density at radius 1 is 1.52 bits per heavy atom. The number of nitrogens with zero attached hydrogens (tertiary/aromatic N) is 1. The van der Waals surface area contributed by atoms with E-state index in [2.05, 4.69) is 12.2 Å². The van der Waals surface area contributed by atoms with E-state index in [9.17, 15) is 10.1 Å². The Bertz CT molecular complexity index is 496. The maximum Gasteiger partial charge on any atom is 0.274 e. The number of nitro benzene ring substituents is 1. The highest BCUT2D eigenvalue weighted by atomic mass is 35.5. The highest BCUT2D eigenvalue weighted by Crippen LogP contribution is 2.28. The standard InChI is InChI=1S/C15H21ClN2O3/c1-2-6-17-14-5-7-21-10-12(14)8-11-3-4-13(16)9-15(11)18(19)20/h3-4,9,12,14,17H,2,5-8,10H2,1H3. The molecule has 6 heteroatoms. The molecule has 0 radical (unpaired) electrons. The molecule has 1 N–H and O–H groups in total. The lowest BCUT2D eigenvalue weighted by Crippen LogP contribution is -2.44. The highest BCUT2D eigenvalue weighted by Gasteiger charge is 2.27. The molecule has 1 aliphatic heterocycles. The molecule has 1 fully saturated rings. The zero-order valence-electron chi connectivity index (χ0n) is 12.2. The Hall–Kier alpha value is -1.17. The molecule has 1 saturated heterocycles.